The van der Waals surface area contributed by atoms with Crippen molar-refractivity contribution in [3.05, 3.63) is 54.6 Å². The zero-order valence-corrected chi connectivity index (χ0v) is 27.3. The van der Waals surface area contributed by atoms with E-state index in [9.17, 15) is 0 Å². The minimum atomic E-state index is -0.529. The fraction of sp³-hybridized carbons (Fsp3) is 0.526. The maximum atomic E-state index is 6.08. The summed E-state index contributed by atoms with van der Waals surface area (Å²) >= 11 is 0. The second-order valence-electron chi connectivity index (χ2n) is 13.6. The number of methoxy groups -OCH3 is 4. The lowest BCUT2D eigenvalue weighted by molar-refractivity contribution is 0.0355. The molecule has 0 aliphatic heterocycles. The first-order chi connectivity index (χ1) is 21.1. The second-order valence-corrected chi connectivity index (χ2v) is 16.4. The van der Waals surface area contributed by atoms with Gasteiger partial charge in [-0.15, -0.1) is 0 Å². The van der Waals surface area contributed by atoms with Crippen molar-refractivity contribution < 1.29 is 18.9 Å². The molecule has 1 atom stereocenters. The standard InChI is InChI=1S/C38H47O4P/c1-39-31-15-9-16-32(40-2)35(31)29-13-8-14-30(36-33(41-3)17-10-18-34(36)42-4)37(29)43(28-11-6-5-7-12-28)38-22-25-19-26(23-38)21-27(20-25)24-38/h8-10,13-18,25-28H,5-7,11-12,19-24H2,1-4H3. The molecule has 228 valence electrons. The van der Waals surface area contributed by atoms with Crippen LogP contribution in [0.25, 0.3) is 22.3 Å². The molecule has 4 nitrogen and oxygen atoms in total. The molecule has 0 N–H and O–H groups in total. The van der Waals surface area contributed by atoms with Gasteiger partial charge in [0, 0.05) is 0 Å². The van der Waals surface area contributed by atoms with E-state index < -0.39 is 7.92 Å². The van der Waals surface area contributed by atoms with E-state index in [0.29, 0.717) is 5.16 Å². The molecular formula is C38H47O4P. The van der Waals surface area contributed by atoms with Crippen molar-refractivity contribution in [2.24, 2.45) is 17.8 Å². The van der Waals surface area contributed by atoms with Gasteiger partial charge in [-0.2, -0.15) is 0 Å². The van der Waals surface area contributed by atoms with Crippen molar-refractivity contribution in [3.8, 4) is 45.3 Å². The van der Waals surface area contributed by atoms with Crippen LogP contribution < -0.4 is 24.3 Å². The quantitative estimate of drug-likeness (QED) is 0.230. The van der Waals surface area contributed by atoms with Crippen LogP contribution in [-0.4, -0.2) is 39.3 Å². The van der Waals surface area contributed by atoms with Gasteiger partial charge in [-0.1, -0.05) is 57.5 Å². The highest BCUT2D eigenvalue weighted by molar-refractivity contribution is 7.68. The summed E-state index contributed by atoms with van der Waals surface area (Å²) in [5.41, 5.74) is 5.41. The highest BCUT2D eigenvalue weighted by Gasteiger charge is 2.56. The molecule has 0 aromatic heterocycles. The van der Waals surface area contributed by atoms with Gasteiger partial charge in [-0.3, -0.25) is 0 Å². The molecule has 1 unspecified atom stereocenters. The van der Waals surface area contributed by atoms with Gasteiger partial charge in [0.2, 0.25) is 0 Å². The van der Waals surface area contributed by atoms with E-state index in [-0.39, 0.29) is 0 Å². The molecular weight excluding hydrogens is 551 g/mol. The Kier molecular flexibility index (Phi) is 8.10. The van der Waals surface area contributed by atoms with Crippen molar-refractivity contribution in [3.63, 3.8) is 0 Å². The molecule has 0 heterocycles. The minimum Gasteiger partial charge on any atom is -0.496 e. The van der Waals surface area contributed by atoms with Crippen LogP contribution in [0.5, 0.6) is 23.0 Å². The third kappa shape index (κ3) is 5.02. The summed E-state index contributed by atoms with van der Waals surface area (Å²) in [4.78, 5) is 0. The Morgan fingerprint density at radius 3 is 1.35 bits per heavy atom. The highest BCUT2D eigenvalue weighted by Crippen LogP contribution is 2.72. The Balaban J connectivity index is 1.56. The van der Waals surface area contributed by atoms with Gasteiger partial charge in [0.1, 0.15) is 23.0 Å². The Hall–Kier alpha value is -2.71. The number of rotatable bonds is 9. The molecule has 0 amide bonds. The molecule has 3 aromatic carbocycles. The Bertz CT molecular complexity index is 1300. The molecule has 5 aliphatic rings. The summed E-state index contributed by atoms with van der Waals surface area (Å²) in [6, 6.07) is 19.3. The van der Waals surface area contributed by atoms with Crippen LogP contribution in [0.3, 0.4) is 0 Å². The summed E-state index contributed by atoms with van der Waals surface area (Å²) in [6.45, 7) is 0. The average molecular weight is 599 g/mol. The Morgan fingerprint density at radius 2 is 0.953 bits per heavy atom. The van der Waals surface area contributed by atoms with E-state index in [0.717, 1.165) is 57.5 Å². The number of benzene rings is 3. The average Bonchev–Trinajstić information content (AvgIpc) is 3.04. The lowest BCUT2D eigenvalue weighted by atomic mass is 9.56. The van der Waals surface area contributed by atoms with Crippen LogP contribution in [0.2, 0.25) is 0 Å². The van der Waals surface area contributed by atoms with E-state index in [2.05, 4.69) is 42.5 Å². The van der Waals surface area contributed by atoms with Gasteiger partial charge in [0.05, 0.1) is 39.6 Å². The molecule has 0 saturated heterocycles. The van der Waals surface area contributed by atoms with Crippen LogP contribution in [0, 0.1) is 17.8 Å². The second kappa shape index (κ2) is 12.0. The van der Waals surface area contributed by atoms with Gasteiger partial charge in [-0.05, 0) is 121 Å². The zero-order valence-electron chi connectivity index (χ0n) is 26.4. The predicted octanol–water partition coefficient (Wildman–Crippen LogP) is 9.46. The van der Waals surface area contributed by atoms with Gasteiger partial charge in [0.25, 0.3) is 0 Å². The lowest BCUT2D eigenvalue weighted by Crippen LogP contribution is -2.52. The first kappa shape index (κ1) is 29.0. The monoisotopic (exact) mass is 598 g/mol. The summed E-state index contributed by atoms with van der Waals surface area (Å²) in [5, 5.41) is 1.92. The number of ether oxygens (including phenoxy) is 4. The van der Waals surface area contributed by atoms with Crippen molar-refractivity contribution in [1.82, 2.24) is 0 Å². The highest BCUT2D eigenvalue weighted by atomic mass is 31.1. The molecule has 4 bridgehead atoms. The first-order valence-electron chi connectivity index (χ1n) is 16.4. The SMILES string of the molecule is COc1cccc(OC)c1-c1cccc(-c2c(OC)cccc2OC)c1P(C1CCCCC1)C12CC3CC(CC(C3)C1)C2. The molecule has 5 saturated carbocycles. The van der Waals surface area contributed by atoms with E-state index in [1.165, 1.54) is 87.1 Å². The Morgan fingerprint density at radius 1 is 0.558 bits per heavy atom. The van der Waals surface area contributed by atoms with Crippen LogP contribution in [0.15, 0.2) is 54.6 Å². The van der Waals surface area contributed by atoms with Gasteiger partial charge < -0.3 is 18.9 Å². The van der Waals surface area contributed by atoms with Crippen molar-refractivity contribution in [2.75, 3.05) is 28.4 Å². The summed E-state index contributed by atoms with van der Waals surface area (Å²) < 4.78 is 24.3. The third-order valence-corrected chi connectivity index (χ3v) is 14.9. The zero-order chi connectivity index (χ0) is 29.6. The first-order valence-corrected chi connectivity index (χ1v) is 17.8. The third-order valence-electron chi connectivity index (χ3n) is 11.1. The van der Waals surface area contributed by atoms with Crippen molar-refractivity contribution in [1.29, 1.82) is 0 Å². The Labute approximate surface area is 259 Å². The maximum absolute atomic E-state index is 6.08. The molecule has 0 radical (unpaired) electrons. The van der Waals surface area contributed by atoms with E-state index in [1.807, 2.05) is 12.1 Å². The maximum Gasteiger partial charge on any atom is 0.130 e. The van der Waals surface area contributed by atoms with Crippen LogP contribution in [-0.2, 0) is 0 Å². The predicted molar refractivity (Wildman–Crippen MR) is 178 cm³/mol. The molecule has 0 spiro atoms. The molecule has 3 aromatic rings. The van der Waals surface area contributed by atoms with E-state index in [1.54, 1.807) is 28.4 Å². The van der Waals surface area contributed by atoms with Crippen LogP contribution >= 0.6 is 7.92 Å². The molecule has 8 rings (SSSR count). The minimum absolute atomic E-state index is 0.390. The van der Waals surface area contributed by atoms with Crippen molar-refractivity contribution in [2.45, 2.75) is 81.4 Å². The van der Waals surface area contributed by atoms with E-state index >= 15 is 0 Å². The summed E-state index contributed by atoms with van der Waals surface area (Å²) in [6.07, 6.45) is 15.3. The fourth-order valence-electron chi connectivity index (χ4n) is 9.95. The van der Waals surface area contributed by atoms with Gasteiger partial charge >= 0.3 is 0 Å². The molecule has 5 fully saturated rings. The lowest BCUT2D eigenvalue weighted by Gasteiger charge is -2.61. The molecule has 5 aliphatic carbocycles. The molecule has 5 heteroatoms. The van der Waals surface area contributed by atoms with Gasteiger partial charge in [-0.25, -0.2) is 0 Å². The topological polar surface area (TPSA) is 36.9 Å². The fourth-order valence-corrected chi connectivity index (χ4v) is 14.7. The number of hydrogen-bond donors (Lipinski definition) is 0. The summed E-state index contributed by atoms with van der Waals surface area (Å²) in [5.74, 6) is 6.18. The molecule has 43 heavy (non-hydrogen) atoms. The normalized spacial score (nSPS) is 27.1. The smallest absolute Gasteiger partial charge is 0.130 e. The van der Waals surface area contributed by atoms with Crippen LogP contribution in [0.4, 0.5) is 0 Å². The van der Waals surface area contributed by atoms with Gasteiger partial charge in [0.15, 0.2) is 0 Å². The van der Waals surface area contributed by atoms with Crippen molar-refractivity contribution >= 4 is 13.2 Å². The summed E-state index contributed by atoms with van der Waals surface area (Å²) in [7, 11) is 6.61. The van der Waals surface area contributed by atoms with E-state index in [4.69, 9.17) is 18.9 Å². The number of hydrogen-bond acceptors (Lipinski definition) is 4. The largest absolute Gasteiger partial charge is 0.496 e. The van der Waals surface area contributed by atoms with Crippen LogP contribution in [0.1, 0.15) is 70.6 Å².